The van der Waals surface area contributed by atoms with Gasteiger partial charge in [0.15, 0.2) is 0 Å². The molecular formula is C23H28N4. The summed E-state index contributed by atoms with van der Waals surface area (Å²) in [6.45, 7) is 7.52. The van der Waals surface area contributed by atoms with E-state index in [0.717, 1.165) is 48.5 Å². The summed E-state index contributed by atoms with van der Waals surface area (Å²) >= 11 is 0. The van der Waals surface area contributed by atoms with Crippen LogP contribution in [0.15, 0.2) is 42.5 Å². The van der Waals surface area contributed by atoms with E-state index < -0.39 is 0 Å². The molecule has 0 aliphatic rings. The fourth-order valence-electron chi connectivity index (χ4n) is 3.47. The van der Waals surface area contributed by atoms with Crippen molar-refractivity contribution >= 4 is 11.0 Å². The summed E-state index contributed by atoms with van der Waals surface area (Å²) in [5, 5.41) is 8.97. The molecule has 0 saturated carbocycles. The van der Waals surface area contributed by atoms with Crippen molar-refractivity contribution in [1.82, 2.24) is 14.5 Å². The van der Waals surface area contributed by atoms with E-state index in [9.17, 15) is 0 Å². The van der Waals surface area contributed by atoms with Gasteiger partial charge in [-0.2, -0.15) is 5.26 Å². The zero-order valence-corrected chi connectivity index (χ0v) is 16.6. The van der Waals surface area contributed by atoms with E-state index in [0.29, 0.717) is 5.56 Å². The summed E-state index contributed by atoms with van der Waals surface area (Å²) in [6.07, 6.45) is 3.44. The Kier molecular flexibility index (Phi) is 6.26. The first-order valence-corrected chi connectivity index (χ1v) is 9.84. The summed E-state index contributed by atoms with van der Waals surface area (Å²) in [4.78, 5) is 7.33. The van der Waals surface area contributed by atoms with Crippen molar-refractivity contribution in [2.45, 2.75) is 39.7 Å². The molecule has 0 bridgehead atoms. The number of benzene rings is 2. The highest BCUT2D eigenvalue weighted by molar-refractivity contribution is 5.82. The molecule has 2 aromatic carbocycles. The van der Waals surface area contributed by atoms with Gasteiger partial charge in [0.25, 0.3) is 0 Å². The molecule has 0 spiro atoms. The van der Waals surface area contributed by atoms with Crippen LogP contribution in [0.3, 0.4) is 0 Å². The Balaban J connectivity index is 1.85. The average Bonchev–Trinajstić information content (AvgIpc) is 3.07. The van der Waals surface area contributed by atoms with Crippen LogP contribution in [-0.2, 0) is 13.0 Å². The third-order valence-electron chi connectivity index (χ3n) is 5.10. The van der Waals surface area contributed by atoms with Crippen LogP contribution >= 0.6 is 0 Å². The lowest BCUT2D eigenvalue weighted by molar-refractivity contribution is 0.328. The Morgan fingerprint density at radius 2 is 1.78 bits per heavy atom. The molecule has 0 unspecified atom stereocenters. The highest BCUT2D eigenvalue weighted by atomic mass is 15.1. The zero-order chi connectivity index (χ0) is 19.2. The van der Waals surface area contributed by atoms with Crippen LogP contribution in [0.4, 0.5) is 0 Å². The van der Waals surface area contributed by atoms with E-state index in [-0.39, 0.29) is 0 Å². The summed E-state index contributed by atoms with van der Waals surface area (Å²) in [6, 6.07) is 16.4. The molecular weight excluding hydrogens is 332 g/mol. The third-order valence-corrected chi connectivity index (χ3v) is 5.10. The van der Waals surface area contributed by atoms with Gasteiger partial charge in [-0.05, 0) is 62.3 Å². The van der Waals surface area contributed by atoms with Crippen molar-refractivity contribution in [3.63, 3.8) is 0 Å². The predicted molar refractivity (Wildman–Crippen MR) is 112 cm³/mol. The highest BCUT2D eigenvalue weighted by Gasteiger charge is 2.11. The molecule has 0 saturated heterocycles. The zero-order valence-electron chi connectivity index (χ0n) is 16.6. The average molecular weight is 361 g/mol. The fraction of sp³-hybridized carbons (Fsp3) is 0.391. The molecule has 0 amide bonds. The molecule has 0 fully saturated rings. The molecule has 3 rings (SSSR count). The van der Waals surface area contributed by atoms with Crippen LogP contribution in [0.1, 0.15) is 38.1 Å². The molecule has 0 N–H and O–H groups in total. The van der Waals surface area contributed by atoms with Crippen LogP contribution in [-0.4, -0.2) is 34.6 Å². The van der Waals surface area contributed by atoms with Crippen LogP contribution in [0.5, 0.6) is 0 Å². The van der Waals surface area contributed by atoms with Crippen molar-refractivity contribution in [3.8, 4) is 17.2 Å². The first kappa shape index (κ1) is 19.1. The van der Waals surface area contributed by atoms with E-state index in [1.807, 2.05) is 24.3 Å². The normalized spacial score (nSPS) is 11.2. The predicted octanol–water partition coefficient (Wildman–Crippen LogP) is 4.87. The van der Waals surface area contributed by atoms with E-state index in [1.54, 1.807) is 0 Å². The van der Waals surface area contributed by atoms with Crippen molar-refractivity contribution < 1.29 is 0 Å². The molecule has 0 aliphatic carbocycles. The second-order valence-corrected chi connectivity index (χ2v) is 7.07. The number of fused-ring (bicyclic) bond motifs is 1. The number of hydrogen-bond acceptors (Lipinski definition) is 3. The number of imidazole rings is 1. The number of nitrogens with zero attached hydrogens (tertiary/aromatic N) is 4. The Hall–Kier alpha value is -2.64. The summed E-state index contributed by atoms with van der Waals surface area (Å²) < 4.78 is 2.32. The molecule has 0 atom stereocenters. The van der Waals surface area contributed by atoms with Gasteiger partial charge < -0.3 is 9.47 Å². The number of hydrogen-bond donors (Lipinski definition) is 0. The lowest BCUT2D eigenvalue weighted by Crippen LogP contribution is -2.23. The summed E-state index contributed by atoms with van der Waals surface area (Å²) in [7, 11) is 2.19. The maximum Gasteiger partial charge on any atom is 0.111 e. The van der Waals surface area contributed by atoms with Crippen molar-refractivity contribution in [1.29, 1.82) is 5.26 Å². The van der Waals surface area contributed by atoms with Gasteiger partial charge in [-0.3, -0.25) is 0 Å². The van der Waals surface area contributed by atoms with Crippen molar-refractivity contribution in [2.24, 2.45) is 0 Å². The quantitative estimate of drug-likeness (QED) is 0.576. The van der Waals surface area contributed by atoms with Crippen molar-refractivity contribution in [2.75, 3.05) is 20.1 Å². The Morgan fingerprint density at radius 3 is 2.44 bits per heavy atom. The largest absolute Gasteiger partial charge is 0.328 e. The molecule has 0 aliphatic heterocycles. The topological polar surface area (TPSA) is 44.9 Å². The minimum atomic E-state index is 0.685. The molecule has 1 aromatic heterocycles. The Labute approximate surface area is 162 Å². The standard InChI is InChI=1S/C23H28N4/c1-4-6-14-26(3)15-13-23-25-21-16-20(11-12-22(21)27(23)5-2)19-9-7-18(17-24)8-10-19/h7-12,16H,4-6,13-15H2,1-3H3. The smallest absolute Gasteiger partial charge is 0.111 e. The molecule has 4 heteroatoms. The van der Waals surface area contributed by atoms with Gasteiger partial charge in [-0.15, -0.1) is 0 Å². The van der Waals surface area contributed by atoms with Gasteiger partial charge in [0.05, 0.1) is 22.7 Å². The maximum absolute atomic E-state index is 8.97. The van der Waals surface area contributed by atoms with Gasteiger partial charge in [0.2, 0.25) is 0 Å². The third kappa shape index (κ3) is 4.37. The maximum atomic E-state index is 8.97. The number of aryl methyl sites for hydroxylation is 1. The van der Waals surface area contributed by atoms with E-state index in [2.05, 4.69) is 54.6 Å². The second-order valence-electron chi connectivity index (χ2n) is 7.07. The molecule has 1 heterocycles. The van der Waals surface area contributed by atoms with E-state index in [1.165, 1.54) is 18.4 Å². The molecule has 4 nitrogen and oxygen atoms in total. The number of likely N-dealkylation sites (N-methyl/N-ethyl adjacent to an activating group) is 1. The van der Waals surface area contributed by atoms with Gasteiger partial charge in [0, 0.05) is 19.5 Å². The lowest BCUT2D eigenvalue weighted by atomic mass is 10.0. The SMILES string of the molecule is CCCCN(C)CCc1nc2cc(-c3ccc(C#N)cc3)ccc2n1CC. The molecule has 27 heavy (non-hydrogen) atoms. The van der Waals surface area contributed by atoms with E-state index in [4.69, 9.17) is 10.2 Å². The monoisotopic (exact) mass is 360 g/mol. The fourth-order valence-corrected chi connectivity index (χ4v) is 3.47. The van der Waals surface area contributed by atoms with Crippen LogP contribution in [0.25, 0.3) is 22.2 Å². The Bertz CT molecular complexity index is 931. The van der Waals surface area contributed by atoms with Crippen LogP contribution in [0.2, 0.25) is 0 Å². The first-order chi connectivity index (χ1) is 13.2. The van der Waals surface area contributed by atoms with Crippen LogP contribution < -0.4 is 0 Å². The van der Waals surface area contributed by atoms with Crippen LogP contribution in [0, 0.1) is 11.3 Å². The first-order valence-electron chi connectivity index (χ1n) is 9.84. The number of rotatable bonds is 8. The van der Waals surface area contributed by atoms with Crippen molar-refractivity contribution in [3.05, 3.63) is 53.9 Å². The number of unbranched alkanes of at least 4 members (excludes halogenated alkanes) is 1. The minimum Gasteiger partial charge on any atom is -0.328 e. The number of nitriles is 1. The minimum absolute atomic E-state index is 0.685. The van der Waals surface area contributed by atoms with Gasteiger partial charge >= 0.3 is 0 Å². The van der Waals surface area contributed by atoms with Gasteiger partial charge in [-0.25, -0.2) is 4.98 Å². The number of aromatic nitrogens is 2. The molecule has 3 aromatic rings. The highest BCUT2D eigenvalue weighted by Crippen LogP contribution is 2.25. The Morgan fingerprint density at radius 1 is 1.04 bits per heavy atom. The molecule has 140 valence electrons. The lowest BCUT2D eigenvalue weighted by Gasteiger charge is -2.16. The molecule has 0 radical (unpaired) electrons. The second kappa shape index (κ2) is 8.83. The van der Waals surface area contributed by atoms with Gasteiger partial charge in [-0.1, -0.05) is 31.5 Å². The summed E-state index contributed by atoms with van der Waals surface area (Å²) in [5.41, 5.74) is 5.18. The van der Waals surface area contributed by atoms with Gasteiger partial charge in [0.1, 0.15) is 5.82 Å². The van der Waals surface area contributed by atoms with E-state index >= 15 is 0 Å². The summed E-state index contributed by atoms with van der Waals surface area (Å²) in [5.74, 6) is 1.16.